The van der Waals surface area contributed by atoms with Crippen LogP contribution in [-0.4, -0.2) is 46.2 Å². The van der Waals surface area contributed by atoms with Gasteiger partial charge >= 0.3 is 5.97 Å². The summed E-state index contributed by atoms with van der Waals surface area (Å²) >= 11 is 1.35. The molecule has 4 rings (SSSR count). The fourth-order valence-electron chi connectivity index (χ4n) is 3.60. The Labute approximate surface area is 166 Å². The van der Waals surface area contributed by atoms with Crippen molar-refractivity contribution in [3.63, 3.8) is 0 Å². The van der Waals surface area contributed by atoms with E-state index < -0.39 is 18.1 Å². The number of ketones is 1. The summed E-state index contributed by atoms with van der Waals surface area (Å²) in [6, 6.07) is 10.4. The Hall–Kier alpha value is -2.93. The predicted octanol–water partition coefficient (Wildman–Crippen LogP) is 3.65. The van der Waals surface area contributed by atoms with Crippen molar-refractivity contribution in [3.05, 3.63) is 58.4 Å². The minimum atomic E-state index is -0.925. The maximum atomic E-state index is 12.8. The van der Waals surface area contributed by atoms with Crippen LogP contribution in [0.4, 0.5) is 0 Å². The zero-order valence-electron chi connectivity index (χ0n) is 15.4. The average Bonchev–Trinajstić information content (AvgIpc) is 3.47. The van der Waals surface area contributed by atoms with Crippen molar-refractivity contribution in [2.75, 3.05) is 6.54 Å². The van der Waals surface area contributed by atoms with Gasteiger partial charge in [0.15, 0.2) is 6.10 Å². The molecule has 3 aromatic rings. The molecule has 1 fully saturated rings. The molecule has 1 saturated heterocycles. The first kappa shape index (κ1) is 18.4. The number of carbonyl (C=O) groups excluding carboxylic acids is 3. The van der Waals surface area contributed by atoms with E-state index in [1.54, 1.807) is 24.1 Å². The molecule has 1 aromatic carbocycles. The minimum Gasteiger partial charge on any atom is -0.453 e. The van der Waals surface area contributed by atoms with Crippen LogP contribution in [0.3, 0.4) is 0 Å². The quantitative estimate of drug-likeness (QED) is 0.527. The van der Waals surface area contributed by atoms with Crippen LogP contribution in [0.15, 0.2) is 48.0 Å². The summed E-state index contributed by atoms with van der Waals surface area (Å²) in [4.78, 5) is 43.3. The van der Waals surface area contributed by atoms with Gasteiger partial charge in [0.25, 0.3) is 5.91 Å². The molecule has 1 aliphatic rings. The number of amides is 1. The fourth-order valence-corrected chi connectivity index (χ4v) is 4.28. The molecule has 144 valence electrons. The Balaban J connectivity index is 1.46. The first-order valence-corrected chi connectivity index (χ1v) is 10.1. The second-order valence-corrected chi connectivity index (χ2v) is 7.77. The normalized spacial score (nSPS) is 17.6. The third-order valence-corrected chi connectivity index (χ3v) is 5.89. The van der Waals surface area contributed by atoms with Crippen molar-refractivity contribution in [1.82, 2.24) is 9.88 Å². The number of aromatic amines is 1. The number of hydrogen-bond donors (Lipinski definition) is 1. The maximum Gasteiger partial charge on any atom is 0.329 e. The molecule has 1 aliphatic heterocycles. The Morgan fingerprint density at radius 3 is 2.82 bits per heavy atom. The first-order chi connectivity index (χ1) is 13.6. The highest BCUT2D eigenvalue weighted by atomic mass is 32.1. The SMILES string of the molecule is C[C@@H](OC(=O)[C@@H]1CCCN1C(=O)c1cccs1)C(=O)c1c[nH]c2ccccc12. The molecule has 0 aliphatic carbocycles. The van der Waals surface area contributed by atoms with Gasteiger partial charge in [0.05, 0.1) is 4.88 Å². The van der Waals surface area contributed by atoms with Crippen LogP contribution in [0, 0.1) is 0 Å². The van der Waals surface area contributed by atoms with E-state index in [9.17, 15) is 14.4 Å². The van der Waals surface area contributed by atoms with E-state index in [1.165, 1.54) is 11.3 Å². The zero-order chi connectivity index (χ0) is 19.7. The smallest absolute Gasteiger partial charge is 0.329 e. The van der Waals surface area contributed by atoms with Gasteiger partial charge in [0.2, 0.25) is 5.78 Å². The predicted molar refractivity (Wildman–Crippen MR) is 107 cm³/mol. The van der Waals surface area contributed by atoms with Gasteiger partial charge in [-0.3, -0.25) is 9.59 Å². The van der Waals surface area contributed by atoms with Crippen LogP contribution in [-0.2, 0) is 9.53 Å². The molecule has 6 nitrogen and oxygen atoms in total. The van der Waals surface area contributed by atoms with Crippen LogP contribution < -0.4 is 0 Å². The second-order valence-electron chi connectivity index (χ2n) is 6.83. The lowest BCUT2D eigenvalue weighted by Gasteiger charge is -2.24. The second kappa shape index (κ2) is 7.59. The molecule has 0 unspecified atom stereocenters. The number of H-pyrrole nitrogens is 1. The van der Waals surface area contributed by atoms with Gasteiger partial charge in [0, 0.05) is 29.2 Å². The van der Waals surface area contributed by atoms with Gasteiger partial charge in [0.1, 0.15) is 6.04 Å². The summed E-state index contributed by atoms with van der Waals surface area (Å²) in [7, 11) is 0. The molecule has 3 heterocycles. The Bertz CT molecular complexity index is 1020. The van der Waals surface area contributed by atoms with E-state index >= 15 is 0 Å². The minimum absolute atomic E-state index is 0.162. The summed E-state index contributed by atoms with van der Waals surface area (Å²) in [6.45, 7) is 2.09. The lowest BCUT2D eigenvalue weighted by atomic mass is 10.1. The van der Waals surface area contributed by atoms with Crippen molar-refractivity contribution in [1.29, 1.82) is 0 Å². The summed E-state index contributed by atoms with van der Waals surface area (Å²) in [5.41, 5.74) is 1.35. The Kier molecular flexibility index (Phi) is 5.00. The average molecular weight is 396 g/mol. The van der Waals surface area contributed by atoms with Crippen molar-refractivity contribution in [3.8, 4) is 0 Å². The molecule has 2 aromatic heterocycles. The molecule has 0 bridgehead atoms. The van der Waals surface area contributed by atoms with E-state index in [2.05, 4.69) is 4.98 Å². The van der Waals surface area contributed by atoms with E-state index in [0.29, 0.717) is 23.4 Å². The van der Waals surface area contributed by atoms with Gasteiger partial charge in [-0.25, -0.2) is 4.79 Å². The van der Waals surface area contributed by atoms with Crippen molar-refractivity contribution < 1.29 is 19.1 Å². The van der Waals surface area contributed by atoms with Crippen molar-refractivity contribution in [2.45, 2.75) is 31.9 Å². The van der Waals surface area contributed by atoms with E-state index in [-0.39, 0.29) is 11.7 Å². The van der Waals surface area contributed by atoms with Gasteiger partial charge in [-0.05, 0) is 37.3 Å². The molecule has 1 amide bonds. The number of likely N-dealkylation sites (tertiary alicyclic amines) is 1. The highest BCUT2D eigenvalue weighted by molar-refractivity contribution is 7.12. The summed E-state index contributed by atoms with van der Waals surface area (Å²) in [5, 5.41) is 2.63. The Morgan fingerprint density at radius 2 is 2.04 bits per heavy atom. The number of Topliss-reactive ketones (excluding diaryl/α,β-unsaturated/α-hetero) is 1. The monoisotopic (exact) mass is 396 g/mol. The number of hydrogen-bond acceptors (Lipinski definition) is 5. The molecular weight excluding hydrogens is 376 g/mol. The van der Waals surface area contributed by atoms with E-state index in [4.69, 9.17) is 4.74 Å². The molecule has 0 saturated carbocycles. The van der Waals surface area contributed by atoms with Gasteiger partial charge in [-0.15, -0.1) is 11.3 Å². The van der Waals surface area contributed by atoms with Gasteiger partial charge < -0.3 is 14.6 Å². The number of nitrogens with one attached hydrogen (secondary N) is 1. The highest BCUT2D eigenvalue weighted by Crippen LogP contribution is 2.25. The number of fused-ring (bicyclic) bond motifs is 1. The molecular formula is C21H20N2O4S. The van der Waals surface area contributed by atoms with Gasteiger partial charge in [-0.2, -0.15) is 0 Å². The summed E-state index contributed by atoms with van der Waals surface area (Å²) in [5.74, 6) is -0.951. The van der Waals surface area contributed by atoms with Crippen LogP contribution in [0.2, 0.25) is 0 Å². The number of thiophene rings is 1. The fraction of sp³-hybridized carbons (Fsp3) is 0.286. The van der Waals surface area contributed by atoms with Crippen LogP contribution >= 0.6 is 11.3 Å². The zero-order valence-corrected chi connectivity index (χ0v) is 16.2. The number of ether oxygens (including phenoxy) is 1. The first-order valence-electron chi connectivity index (χ1n) is 9.21. The Morgan fingerprint density at radius 1 is 1.21 bits per heavy atom. The topological polar surface area (TPSA) is 79.5 Å². The standard InChI is InChI=1S/C21H20N2O4S/c1-13(19(24)15-12-22-16-7-3-2-6-14(15)16)27-21(26)17-8-4-10-23(17)20(25)18-9-5-11-28-18/h2-3,5-7,9,11-13,17,22H,4,8,10H2,1H3/t13-,17+/m1/s1. The number of esters is 1. The largest absolute Gasteiger partial charge is 0.453 e. The lowest BCUT2D eigenvalue weighted by molar-refractivity contribution is -0.150. The molecule has 0 spiro atoms. The molecule has 1 N–H and O–H groups in total. The number of para-hydroxylation sites is 1. The number of carbonyl (C=O) groups is 3. The van der Waals surface area contributed by atoms with Crippen LogP contribution in [0.5, 0.6) is 0 Å². The van der Waals surface area contributed by atoms with Crippen LogP contribution in [0.1, 0.15) is 39.8 Å². The lowest BCUT2D eigenvalue weighted by Crippen LogP contribution is -2.42. The van der Waals surface area contributed by atoms with E-state index in [0.717, 1.165) is 17.3 Å². The van der Waals surface area contributed by atoms with Crippen LogP contribution in [0.25, 0.3) is 10.9 Å². The van der Waals surface area contributed by atoms with Crippen molar-refractivity contribution in [2.24, 2.45) is 0 Å². The van der Waals surface area contributed by atoms with E-state index in [1.807, 2.05) is 35.7 Å². The third-order valence-electron chi connectivity index (χ3n) is 5.03. The number of rotatable bonds is 5. The molecule has 7 heteroatoms. The maximum absolute atomic E-state index is 12.8. The molecule has 0 radical (unpaired) electrons. The molecule has 28 heavy (non-hydrogen) atoms. The summed E-state index contributed by atoms with van der Waals surface area (Å²) < 4.78 is 5.47. The number of benzene rings is 1. The third kappa shape index (κ3) is 3.33. The molecule has 2 atom stereocenters. The summed E-state index contributed by atoms with van der Waals surface area (Å²) in [6.07, 6.45) is 2.00. The highest BCUT2D eigenvalue weighted by Gasteiger charge is 2.37. The van der Waals surface area contributed by atoms with Gasteiger partial charge in [-0.1, -0.05) is 24.3 Å². The number of nitrogens with zero attached hydrogens (tertiary/aromatic N) is 1. The van der Waals surface area contributed by atoms with Crippen molar-refractivity contribution >= 4 is 39.9 Å². The number of aromatic nitrogens is 1.